The molecule has 3 nitrogen and oxygen atoms in total. The summed E-state index contributed by atoms with van der Waals surface area (Å²) in [6.07, 6.45) is 0.715. The Kier molecular flexibility index (Phi) is 5.75. The zero-order chi connectivity index (χ0) is 8.08. The highest BCUT2D eigenvalue weighted by molar-refractivity contribution is 7.85. The van der Waals surface area contributed by atoms with E-state index in [0.717, 1.165) is 0 Å². The van der Waals surface area contributed by atoms with Crippen LogP contribution in [0.1, 0.15) is 13.8 Å². The van der Waals surface area contributed by atoms with Gasteiger partial charge >= 0.3 is 0 Å². The minimum absolute atomic E-state index is 0.715. The van der Waals surface area contributed by atoms with Crippen molar-refractivity contribution in [3.8, 4) is 0 Å². The Morgan fingerprint density at radius 2 is 1.44 bits per heavy atom. The van der Waals surface area contributed by atoms with Crippen LogP contribution in [-0.2, 0) is 10.1 Å². The fourth-order valence-electron chi connectivity index (χ4n) is 0. The molecule has 0 aromatic rings. The van der Waals surface area contributed by atoms with E-state index in [1.807, 2.05) is 13.8 Å². The first-order chi connectivity index (χ1) is 3.73. The Morgan fingerprint density at radius 3 is 1.44 bits per heavy atom. The molecule has 0 bridgehead atoms. The van der Waals surface area contributed by atoms with Gasteiger partial charge in [-0.15, -0.1) is 6.58 Å². The number of hydrogen-bond donors (Lipinski definition) is 1. The fraction of sp³-hybridized carbons (Fsp3) is 0.600. The Balaban J connectivity index is 0. The van der Waals surface area contributed by atoms with Gasteiger partial charge in [0, 0.05) is 0 Å². The SMILES string of the molecule is C=C(C)C.CS(=O)(=O)O. The van der Waals surface area contributed by atoms with Gasteiger partial charge in [0.25, 0.3) is 10.1 Å². The van der Waals surface area contributed by atoms with Gasteiger partial charge in [0.15, 0.2) is 0 Å². The minimum Gasteiger partial charge on any atom is -0.286 e. The summed E-state index contributed by atoms with van der Waals surface area (Å²) in [5.74, 6) is 0. The molecule has 9 heavy (non-hydrogen) atoms. The van der Waals surface area contributed by atoms with Crippen LogP contribution >= 0.6 is 0 Å². The van der Waals surface area contributed by atoms with E-state index in [4.69, 9.17) is 4.55 Å². The lowest BCUT2D eigenvalue weighted by atomic mass is 10.4. The average Bonchev–Trinajstić information content (AvgIpc) is 1.19. The molecule has 4 heteroatoms. The van der Waals surface area contributed by atoms with E-state index in [9.17, 15) is 8.42 Å². The lowest BCUT2D eigenvalue weighted by molar-refractivity contribution is 0.490. The van der Waals surface area contributed by atoms with Crippen LogP contribution in [0.4, 0.5) is 0 Å². The molecule has 0 amide bonds. The molecule has 56 valence electrons. The van der Waals surface area contributed by atoms with Crippen LogP contribution in [0.2, 0.25) is 0 Å². The molecule has 0 atom stereocenters. The third-order valence-corrected chi connectivity index (χ3v) is 0. The molecule has 0 rings (SSSR count). The molecule has 0 saturated heterocycles. The van der Waals surface area contributed by atoms with Crippen LogP contribution in [0.15, 0.2) is 12.2 Å². The third-order valence-electron chi connectivity index (χ3n) is 0. The maximum Gasteiger partial charge on any atom is 0.261 e. The van der Waals surface area contributed by atoms with Crippen molar-refractivity contribution in [1.29, 1.82) is 0 Å². The van der Waals surface area contributed by atoms with E-state index >= 15 is 0 Å². The van der Waals surface area contributed by atoms with Crippen molar-refractivity contribution in [1.82, 2.24) is 0 Å². The highest BCUT2D eigenvalue weighted by atomic mass is 32.2. The molecule has 0 unspecified atom stereocenters. The van der Waals surface area contributed by atoms with Crippen molar-refractivity contribution in [2.24, 2.45) is 0 Å². The van der Waals surface area contributed by atoms with Gasteiger partial charge in [-0.1, -0.05) is 5.57 Å². The maximum atomic E-state index is 9.19. The fourth-order valence-corrected chi connectivity index (χ4v) is 0. The molecule has 0 heterocycles. The zero-order valence-electron chi connectivity index (χ0n) is 5.88. The van der Waals surface area contributed by atoms with Crippen LogP contribution in [0, 0.1) is 0 Å². The van der Waals surface area contributed by atoms with E-state index < -0.39 is 10.1 Å². The standard InChI is InChI=1S/C4H8.CH4O3S/c1-4(2)3;1-5(2,3)4/h1H2,2-3H3;1H3,(H,2,3,4). The summed E-state index contributed by atoms with van der Waals surface area (Å²) in [6, 6.07) is 0. The van der Waals surface area contributed by atoms with Crippen LogP contribution < -0.4 is 0 Å². The zero-order valence-corrected chi connectivity index (χ0v) is 6.70. The first-order valence-corrected chi connectivity index (χ1v) is 4.13. The molecule has 0 aromatic carbocycles. The summed E-state index contributed by atoms with van der Waals surface area (Å²) >= 11 is 0. The summed E-state index contributed by atoms with van der Waals surface area (Å²) < 4.78 is 25.9. The molecule has 0 fully saturated rings. The molecule has 0 aromatic heterocycles. The summed E-state index contributed by atoms with van der Waals surface area (Å²) in [4.78, 5) is 0. The normalized spacial score (nSPS) is 9.33. The van der Waals surface area contributed by atoms with Crippen LogP contribution in [0.3, 0.4) is 0 Å². The first kappa shape index (κ1) is 11.4. The van der Waals surface area contributed by atoms with Crippen molar-refractivity contribution >= 4 is 10.1 Å². The number of hydrogen-bond acceptors (Lipinski definition) is 2. The highest BCUT2D eigenvalue weighted by Crippen LogP contribution is 1.73. The number of rotatable bonds is 0. The van der Waals surface area contributed by atoms with Gasteiger partial charge in [0.2, 0.25) is 0 Å². The van der Waals surface area contributed by atoms with Gasteiger partial charge in [-0.05, 0) is 13.8 Å². The highest BCUT2D eigenvalue weighted by Gasteiger charge is 1.81. The van der Waals surface area contributed by atoms with Gasteiger partial charge in [0.05, 0.1) is 6.26 Å². The molecule has 1 N–H and O–H groups in total. The summed E-state index contributed by atoms with van der Waals surface area (Å²) in [5, 5.41) is 0. The van der Waals surface area contributed by atoms with E-state index in [1.54, 1.807) is 0 Å². The second-order valence-electron chi connectivity index (χ2n) is 1.94. The quantitative estimate of drug-likeness (QED) is 0.417. The van der Waals surface area contributed by atoms with Crippen molar-refractivity contribution in [3.63, 3.8) is 0 Å². The van der Waals surface area contributed by atoms with E-state index in [1.165, 1.54) is 5.57 Å². The second kappa shape index (κ2) is 4.52. The summed E-state index contributed by atoms with van der Waals surface area (Å²) in [5.41, 5.74) is 1.17. The largest absolute Gasteiger partial charge is 0.286 e. The van der Waals surface area contributed by atoms with E-state index in [0.29, 0.717) is 6.26 Å². The van der Waals surface area contributed by atoms with Gasteiger partial charge in [-0.25, -0.2) is 0 Å². The van der Waals surface area contributed by atoms with Crippen molar-refractivity contribution in [2.75, 3.05) is 6.26 Å². The van der Waals surface area contributed by atoms with Gasteiger partial charge in [0.1, 0.15) is 0 Å². The van der Waals surface area contributed by atoms with Crippen LogP contribution in [-0.4, -0.2) is 19.2 Å². The van der Waals surface area contributed by atoms with Crippen LogP contribution in [0.25, 0.3) is 0 Å². The van der Waals surface area contributed by atoms with Gasteiger partial charge in [-0.2, -0.15) is 8.42 Å². The minimum atomic E-state index is -3.67. The lowest BCUT2D eigenvalue weighted by Gasteiger charge is -1.69. The third kappa shape index (κ3) is 1990. The topological polar surface area (TPSA) is 54.4 Å². The predicted molar refractivity (Wildman–Crippen MR) is 38.0 cm³/mol. The molecule has 0 saturated carbocycles. The van der Waals surface area contributed by atoms with E-state index in [2.05, 4.69) is 6.58 Å². The van der Waals surface area contributed by atoms with Gasteiger partial charge < -0.3 is 0 Å². The molecular weight excluding hydrogens is 140 g/mol. The predicted octanol–water partition coefficient (Wildman–Crippen LogP) is 1.09. The Labute approximate surface area is 56.1 Å². The summed E-state index contributed by atoms with van der Waals surface area (Å²) in [6.45, 7) is 7.50. The van der Waals surface area contributed by atoms with Crippen molar-refractivity contribution in [2.45, 2.75) is 13.8 Å². The van der Waals surface area contributed by atoms with E-state index in [-0.39, 0.29) is 0 Å². The molecule has 0 aliphatic heterocycles. The molecule has 0 aliphatic rings. The number of allylic oxidation sites excluding steroid dienone is 1. The molecule has 0 aliphatic carbocycles. The monoisotopic (exact) mass is 152 g/mol. The maximum absolute atomic E-state index is 9.19. The first-order valence-electron chi connectivity index (χ1n) is 2.28. The van der Waals surface area contributed by atoms with Crippen molar-refractivity contribution in [3.05, 3.63) is 12.2 Å². The van der Waals surface area contributed by atoms with Crippen molar-refractivity contribution < 1.29 is 13.0 Å². The lowest BCUT2D eigenvalue weighted by Crippen LogP contribution is -1.88. The molecule has 0 radical (unpaired) electrons. The summed E-state index contributed by atoms with van der Waals surface area (Å²) in [7, 11) is -3.67. The Bertz CT molecular complexity index is 155. The Hall–Kier alpha value is -0.350. The van der Waals surface area contributed by atoms with Crippen LogP contribution in [0.5, 0.6) is 0 Å². The second-order valence-corrected chi connectivity index (χ2v) is 3.41. The smallest absolute Gasteiger partial charge is 0.261 e. The average molecular weight is 152 g/mol. The Morgan fingerprint density at radius 1 is 1.44 bits per heavy atom. The molecular formula is C5H12O3S. The van der Waals surface area contributed by atoms with Gasteiger partial charge in [-0.3, -0.25) is 4.55 Å². The molecule has 0 spiro atoms.